The highest BCUT2D eigenvalue weighted by Gasteiger charge is 2.12. The van der Waals surface area contributed by atoms with Gasteiger partial charge in [-0.15, -0.1) is 0 Å². The molecule has 3 rings (SSSR count). The lowest BCUT2D eigenvalue weighted by Crippen LogP contribution is -2.27. The number of hydrogen-bond acceptors (Lipinski definition) is 4. The van der Waals surface area contributed by atoms with Crippen LogP contribution < -0.4 is 10.3 Å². The number of carbonyl (C=O) groups is 1. The lowest BCUT2D eigenvalue weighted by atomic mass is 10.0. The van der Waals surface area contributed by atoms with Crippen molar-refractivity contribution in [3.05, 3.63) is 82.2 Å². The number of carboxylic acid groups (broad SMARTS) is 1. The molecule has 1 N–H and O–H groups in total. The Morgan fingerprint density at radius 3 is 2.45 bits per heavy atom. The second-order valence-corrected chi connectivity index (χ2v) is 7.34. The summed E-state index contributed by atoms with van der Waals surface area (Å²) >= 11 is 0. The molecule has 0 saturated carbocycles. The molecule has 1 atom stereocenters. The van der Waals surface area contributed by atoms with Crippen molar-refractivity contribution in [1.82, 2.24) is 9.55 Å². The molecule has 0 spiro atoms. The van der Waals surface area contributed by atoms with E-state index in [2.05, 4.69) is 4.98 Å². The average Bonchev–Trinajstić information content (AvgIpc) is 2.76. The molecule has 0 radical (unpaired) electrons. The topological polar surface area (TPSA) is 81.4 Å². The van der Waals surface area contributed by atoms with Gasteiger partial charge < -0.3 is 9.84 Å². The molecule has 31 heavy (non-hydrogen) atoms. The van der Waals surface area contributed by atoms with Crippen LogP contribution in [-0.2, 0) is 24.2 Å². The van der Waals surface area contributed by atoms with E-state index in [-0.39, 0.29) is 18.0 Å². The first-order valence-corrected chi connectivity index (χ1v) is 10.2. The first-order valence-electron chi connectivity index (χ1n) is 10.2. The Bertz CT molecular complexity index is 1090. The molecule has 0 amide bonds. The van der Waals surface area contributed by atoms with E-state index in [4.69, 9.17) is 9.84 Å². The van der Waals surface area contributed by atoms with E-state index in [9.17, 15) is 14.0 Å². The summed E-state index contributed by atoms with van der Waals surface area (Å²) in [4.78, 5) is 28.2. The van der Waals surface area contributed by atoms with Crippen LogP contribution in [0.2, 0.25) is 0 Å². The maximum absolute atomic E-state index is 13.2. The Labute approximate surface area is 180 Å². The highest BCUT2D eigenvalue weighted by Crippen LogP contribution is 2.17. The number of aliphatic carboxylic acids is 1. The molecule has 0 bridgehead atoms. The smallest absolute Gasteiger partial charge is 0.306 e. The fraction of sp³-hybridized carbons (Fsp3) is 0.292. The van der Waals surface area contributed by atoms with Crippen molar-refractivity contribution in [1.29, 1.82) is 0 Å². The maximum atomic E-state index is 13.2. The van der Waals surface area contributed by atoms with E-state index < -0.39 is 11.9 Å². The molecule has 0 fully saturated rings. The first-order chi connectivity index (χ1) is 14.9. The van der Waals surface area contributed by atoms with Gasteiger partial charge in [-0.3, -0.25) is 14.2 Å². The van der Waals surface area contributed by atoms with Crippen LogP contribution in [0.5, 0.6) is 5.75 Å². The van der Waals surface area contributed by atoms with E-state index in [1.165, 1.54) is 18.2 Å². The molecule has 1 heterocycles. The largest absolute Gasteiger partial charge is 0.492 e. The highest BCUT2D eigenvalue weighted by atomic mass is 19.1. The van der Waals surface area contributed by atoms with Gasteiger partial charge in [0.25, 0.3) is 5.56 Å². The van der Waals surface area contributed by atoms with Crippen LogP contribution in [0.4, 0.5) is 4.39 Å². The van der Waals surface area contributed by atoms with Gasteiger partial charge in [0.2, 0.25) is 0 Å². The van der Waals surface area contributed by atoms with Gasteiger partial charge in [-0.05, 0) is 48.4 Å². The fourth-order valence-corrected chi connectivity index (χ4v) is 3.25. The van der Waals surface area contributed by atoms with E-state index in [0.717, 1.165) is 5.56 Å². The molecule has 3 aromatic rings. The zero-order valence-electron chi connectivity index (χ0n) is 17.5. The Balaban J connectivity index is 1.65. The average molecular weight is 424 g/mol. The third kappa shape index (κ3) is 5.78. The summed E-state index contributed by atoms with van der Waals surface area (Å²) in [5, 5.41) is 9.01. The standard InChI is InChI=1S/C24H25FN2O4/c1-3-22-26-21(18-6-8-19(25)9-7-18)15-23(28)27(22)12-13-31-20-10-4-17(5-11-20)14-16(2)24(29)30/h4-11,15-16H,3,12-14H2,1-2H3,(H,29,30). The van der Waals surface area contributed by atoms with Crippen LogP contribution in [0.15, 0.2) is 59.4 Å². The Morgan fingerprint density at radius 1 is 1.16 bits per heavy atom. The van der Waals surface area contributed by atoms with Gasteiger partial charge in [-0.2, -0.15) is 0 Å². The first kappa shape index (κ1) is 22.2. The summed E-state index contributed by atoms with van der Waals surface area (Å²) < 4.78 is 20.5. The molecule has 0 aliphatic rings. The van der Waals surface area contributed by atoms with Crippen LogP contribution in [0.1, 0.15) is 25.2 Å². The Morgan fingerprint density at radius 2 is 1.84 bits per heavy atom. The minimum Gasteiger partial charge on any atom is -0.492 e. The Kier molecular flexibility index (Phi) is 7.18. The van der Waals surface area contributed by atoms with Crippen LogP contribution in [0, 0.1) is 11.7 Å². The quantitative estimate of drug-likeness (QED) is 0.562. The summed E-state index contributed by atoms with van der Waals surface area (Å²) in [5.41, 5.74) is 1.94. The third-order valence-corrected chi connectivity index (χ3v) is 5.01. The molecule has 7 heteroatoms. The highest BCUT2D eigenvalue weighted by molar-refractivity contribution is 5.69. The van der Waals surface area contributed by atoms with Crippen LogP contribution in [0.25, 0.3) is 11.3 Å². The maximum Gasteiger partial charge on any atom is 0.306 e. The summed E-state index contributed by atoms with van der Waals surface area (Å²) in [6, 6.07) is 14.6. The van der Waals surface area contributed by atoms with Gasteiger partial charge in [-0.1, -0.05) is 26.0 Å². The van der Waals surface area contributed by atoms with Gasteiger partial charge in [0, 0.05) is 18.1 Å². The van der Waals surface area contributed by atoms with Crippen LogP contribution in [0.3, 0.4) is 0 Å². The summed E-state index contributed by atoms with van der Waals surface area (Å²) in [6.45, 7) is 4.22. The lowest BCUT2D eigenvalue weighted by Gasteiger charge is -2.14. The fourth-order valence-electron chi connectivity index (χ4n) is 3.25. The molecule has 6 nitrogen and oxygen atoms in total. The molecular weight excluding hydrogens is 399 g/mol. The van der Waals surface area contributed by atoms with E-state index in [0.29, 0.717) is 42.2 Å². The van der Waals surface area contributed by atoms with Gasteiger partial charge in [0.1, 0.15) is 24.0 Å². The predicted octanol–water partition coefficient (Wildman–Crippen LogP) is 3.95. The summed E-state index contributed by atoms with van der Waals surface area (Å²) in [6.07, 6.45) is 1.03. The SMILES string of the molecule is CCc1nc(-c2ccc(F)cc2)cc(=O)n1CCOc1ccc(CC(C)C(=O)O)cc1. The molecule has 0 aliphatic carbocycles. The van der Waals surface area contributed by atoms with Gasteiger partial charge in [0.05, 0.1) is 18.2 Å². The number of aryl methyl sites for hydroxylation is 1. The van der Waals surface area contributed by atoms with Gasteiger partial charge >= 0.3 is 5.97 Å². The summed E-state index contributed by atoms with van der Waals surface area (Å²) in [7, 11) is 0. The van der Waals surface area contributed by atoms with Gasteiger partial charge in [-0.25, -0.2) is 9.37 Å². The number of carboxylic acids is 1. The minimum atomic E-state index is -0.823. The number of aromatic nitrogens is 2. The second-order valence-electron chi connectivity index (χ2n) is 7.34. The third-order valence-electron chi connectivity index (χ3n) is 5.01. The lowest BCUT2D eigenvalue weighted by molar-refractivity contribution is -0.141. The van der Waals surface area contributed by atoms with Crippen molar-refractivity contribution in [2.75, 3.05) is 6.61 Å². The van der Waals surface area contributed by atoms with E-state index >= 15 is 0 Å². The number of nitrogens with zero attached hydrogens (tertiary/aromatic N) is 2. The Hall–Kier alpha value is -3.48. The van der Waals surface area contributed by atoms with Crippen molar-refractivity contribution in [3.8, 4) is 17.0 Å². The molecule has 1 aromatic heterocycles. The second kappa shape index (κ2) is 10.0. The van der Waals surface area contributed by atoms with E-state index in [1.54, 1.807) is 35.8 Å². The van der Waals surface area contributed by atoms with Crippen molar-refractivity contribution in [2.24, 2.45) is 5.92 Å². The number of benzene rings is 2. The monoisotopic (exact) mass is 424 g/mol. The number of rotatable bonds is 9. The molecule has 162 valence electrons. The van der Waals surface area contributed by atoms with Crippen LogP contribution >= 0.6 is 0 Å². The van der Waals surface area contributed by atoms with Crippen LogP contribution in [-0.4, -0.2) is 27.2 Å². The molecule has 0 saturated heterocycles. The zero-order valence-corrected chi connectivity index (χ0v) is 17.5. The molecule has 2 aromatic carbocycles. The molecular formula is C24H25FN2O4. The van der Waals surface area contributed by atoms with Crippen molar-refractivity contribution >= 4 is 5.97 Å². The number of halogens is 1. The van der Waals surface area contributed by atoms with Crippen molar-refractivity contribution in [2.45, 2.75) is 33.2 Å². The molecule has 0 aliphatic heterocycles. The number of ether oxygens (including phenoxy) is 1. The van der Waals surface area contributed by atoms with Gasteiger partial charge in [0.15, 0.2) is 0 Å². The van der Waals surface area contributed by atoms with E-state index in [1.807, 2.05) is 19.1 Å². The number of hydrogen-bond donors (Lipinski definition) is 1. The molecule has 1 unspecified atom stereocenters. The minimum absolute atomic E-state index is 0.187. The van der Waals surface area contributed by atoms with Crippen molar-refractivity contribution in [3.63, 3.8) is 0 Å². The normalized spacial score (nSPS) is 11.8. The zero-order chi connectivity index (χ0) is 22.4. The van der Waals surface area contributed by atoms with Crippen molar-refractivity contribution < 1.29 is 19.0 Å². The summed E-state index contributed by atoms with van der Waals surface area (Å²) in [5.74, 6) is -0.329. The predicted molar refractivity (Wildman–Crippen MR) is 116 cm³/mol.